The van der Waals surface area contributed by atoms with Crippen molar-refractivity contribution >= 4 is 22.5 Å². The first kappa shape index (κ1) is 13.2. The van der Waals surface area contributed by atoms with Crippen LogP contribution in [0.4, 0.5) is 0 Å². The highest BCUT2D eigenvalue weighted by atomic mass is 35.5. The van der Waals surface area contributed by atoms with E-state index in [4.69, 9.17) is 22.1 Å². The summed E-state index contributed by atoms with van der Waals surface area (Å²) in [6.45, 7) is 4.88. The smallest absolute Gasteiger partial charge is 0.138 e. The van der Waals surface area contributed by atoms with E-state index in [1.54, 1.807) is 7.11 Å². The second-order valence-electron chi connectivity index (χ2n) is 5.25. The van der Waals surface area contributed by atoms with Gasteiger partial charge in [-0.2, -0.15) is 0 Å². The molecule has 98 valence electrons. The molecule has 0 aliphatic rings. The number of ether oxygens (including phenoxy) is 1. The van der Waals surface area contributed by atoms with Crippen molar-refractivity contribution < 1.29 is 4.74 Å². The highest BCUT2D eigenvalue weighted by molar-refractivity contribution is 6.32. The quantitative estimate of drug-likeness (QED) is 0.927. The van der Waals surface area contributed by atoms with E-state index in [9.17, 15) is 0 Å². The van der Waals surface area contributed by atoms with Gasteiger partial charge < -0.3 is 15.0 Å². The Morgan fingerprint density at radius 3 is 2.61 bits per heavy atom. The summed E-state index contributed by atoms with van der Waals surface area (Å²) >= 11 is 6.17. The zero-order valence-corrected chi connectivity index (χ0v) is 12.0. The fraction of sp³-hybridized carbons (Fsp3) is 0.429. The van der Waals surface area contributed by atoms with Crippen molar-refractivity contribution in [3.63, 3.8) is 0 Å². The zero-order chi connectivity index (χ0) is 13.5. The largest absolute Gasteiger partial charge is 0.495 e. The molecule has 0 radical (unpaired) electrons. The van der Waals surface area contributed by atoms with Gasteiger partial charge in [-0.15, -0.1) is 0 Å². The van der Waals surface area contributed by atoms with E-state index in [0.717, 1.165) is 10.9 Å². The van der Waals surface area contributed by atoms with Crippen molar-refractivity contribution in [3.05, 3.63) is 28.9 Å². The number of benzene rings is 1. The van der Waals surface area contributed by atoms with Crippen molar-refractivity contribution in [2.45, 2.75) is 19.3 Å². The molecule has 4 heteroatoms. The van der Waals surface area contributed by atoms with Crippen LogP contribution in [0, 0.1) is 0 Å². The number of halogens is 1. The van der Waals surface area contributed by atoms with Crippen LogP contribution in [-0.2, 0) is 12.5 Å². The Balaban J connectivity index is 2.77. The molecule has 0 fully saturated rings. The van der Waals surface area contributed by atoms with Crippen LogP contribution in [0.5, 0.6) is 5.75 Å². The molecule has 2 rings (SSSR count). The van der Waals surface area contributed by atoms with Crippen LogP contribution in [0.1, 0.15) is 19.4 Å². The molecule has 0 spiro atoms. The van der Waals surface area contributed by atoms with E-state index < -0.39 is 0 Å². The molecule has 0 amide bonds. The van der Waals surface area contributed by atoms with Crippen LogP contribution in [0.25, 0.3) is 10.9 Å². The minimum atomic E-state index is -0.0711. The maximum absolute atomic E-state index is 6.17. The van der Waals surface area contributed by atoms with Gasteiger partial charge in [-0.3, -0.25) is 0 Å². The number of nitrogens with two attached hydrogens (primary N) is 1. The lowest BCUT2D eigenvalue weighted by atomic mass is 9.84. The monoisotopic (exact) mass is 266 g/mol. The number of rotatable bonds is 3. The maximum Gasteiger partial charge on any atom is 0.138 e. The van der Waals surface area contributed by atoms with Crippen molar-refractivity contribution in [1.29, 1.82) is 0 Å². The Labute approximate surface area is 112 Å². The van der Waals surface area contributed by atoms with Gasteiger partial charge in [0.15, 0.2) is 0 Å². The van der Waals surface area contributed by atoms with Crippen molar-refractivity contribution in [2.24, 2.45) is 12.8 Å². The Morgan fingerprint density at radius 2 is 2.06 bits per heavy atom. The van der Waals surface area contributed by atoms with Gasteiger partial charge in [0.05, 0.1) is 12.1 Å². The standard InChI is InChI=1S/C14H19ClN2O/c1-14(2,8-16)10-7-17(3)12-6-11(15)13(18-4)5-9(10)12/h5-7H,8,16H2,1-4H3. The van der Waals surface area contributed by atoms with E-state index in [2.05, 4.69) is 24.6 Å². The number of fused-ring (bicyclic) bond motifs is 1. The van der Waals surface area contributed by atoms with Crippen LogP contribution in [0.15, 0.2) is 18.3 Å². The first-order chi connectivity index (χ1) is 8.40. The molecule has 3 nitrogen and oxygen atoms in total. The summed E-state index contributed by atoms with van der Waals surface area (Å²) in [5, 5.41) is 1.78. The fourth-order valence-corrected chi connectivity index (χ4v) is 2.42. The molecule has 1 aromatic carbocycles. The summed E-state index contributed by atoms with van der Waals surface area (Å²) in [6.07, 6.45) is 2.12. The molecule has 2 N–H and O–H groups in total. The number of methoxy groups -OCH3 is 1. The lowest BCUT2D eigenvalue weighted by Gasteiger charge is -2.22. The van der Waals surface area contributed by atoms with Crippen molar-refractivity contribution in [1.82, 2.24) is 4.57 Å². The van der Waals surface area contributed by atoms with Crippen molar-refractivity contribution in [2.75, 3.05) is 13.7 Å². The van der Waals surface area contributed by atoms with Gasteiger partial charge in [0, 0.05) is 36.1 Å². The molecular weight excluding hydrogens is 248 g/mol. The van der Waals surface area contributed by atoms with Crippen LogP contribution in [0.3, 0.4) is 0 Å². The molecule has 0 bridgehead atoms. The molecule has 0 aliphatic heterocycles. The second-order valence-corrected chi connectivity index (χ2v) is 5.65. The molecular formula is C14H19ClN2O. The lowest BCUT2D eigenvalue weighted by Crippen LogP contribution is -2.27. The third-order valence-electron chi connectivity index (χ3n) is 3.50. The van der Waals surface area contributed by atoms with E-state index in [0.29, 0.717) is 17.3 Å². The van der Waals surface area contributed by atoms with Crippen LogP contribution >= 0.6 is 11.6 Å². The summed E-state index contributed by atoms with van der Waals surface area (Å²) in [7, 11) is 3.64. The van der Waals surface area contributed by atoms with Crippen LogP contribution in [-0.4, -0.2) is 18.2 Å². The van der Waals surface area contributed by atoms with E-state index in [1.807, 2.05) is 19.2 Å². The summed E-state index contributed by atoms with van der Waals surface area (Å²) in [5.41, 5.74) is 8.12. The number of nitrogens with zero attached hydrogens (tertiary/aromatic N) is 1. The predicted molar refractivity (Wildman–Crippen MR) is 76.6 cm³/mol. The molecule has 0 aliphatic carbocycles. The van der Waals surface area contributed by atoms with Gasteiger partial charge in [0.25, 0.3) is 0 Å². The highest BCUT2D eigenvalue weighted by Gasteiger charge is 2.24. The first-order valence-corrected chi connectivity index (χ1v) is 6.31. The lowest BCUT2D eigenvalue weighted by molar-refractivity contribution is 0.415. The van der Waals surface area contributed by atoms with Crippen molar-refractivity contribution in [3.8, 4) is 5.75 Å². The number of aryl methyl sites for hydroxylation is 1. The molecule has 0 saturated carbocycles. The summed E-state index contributed by atoms with van der Waals surface area (Å²) in [5.74, 6) is 0.699. The minimum Gasteiger partial charge on any atom is -0.495 e. The van der Waals surface area contributed by atoms with Gasteiger partial charge in [-0.25, -0.2) is 0 Å². The van der Waals surface area contributed by atoms with Gasteiger partial charge in [0.1, 0.15) is 5.75 Å². The third-order valence-corrected chi connectivity index (χ3v) is 3.80. The molecule has 1 heterocycles. The average Bonchev–Trinajstić information content (AvgIpc) is 2.66. The fourth-order valence-electron chi connectivity index (χ4n) is 2.19. The Kier molecular flexibility index (Phi) is 3.30. The second kappa shape index (κ2) is 4.48. The molecule has 2 aromatic rings. The summed E-state index contributed by atoms with van der Waals surface area (Å²) in [4.78, 5) is 0. The number of hydrogen-bond donors (Lipinski definition) is 1. The molecule has 1 aromatic heterocycles. The highest BCUT2D eigenvalue weighted by Crippen LogP contribution is 2.36. The Bertz CT molecular complexity index is 587. The van der Waals surface area contributed by atoms with E-state index in [1.165, 1.54) is 5.56 Å². The SMILES string of the molecule is COc1cc2c(C(C)(C)CN)cn(C)c2cc1Cl. The molecule has 0 atom stereocenters. The third kappa shape index (κ3) is 1.98. The van der Waals surface area contributed by atoms with Gasteiger partial charge in [0.2, 0.25) is 0 Å². The van der Waals surface area contributed by atoms with E-state index in [-0.39, 0.29) is 5.41 Å². The summed E-state index contributed by atoms with van der Waals surface area (Å²) in [6, 6.07) is 3.93. The summed E-state index contributed by atoms with van der Waals surface area (Å²) < 4.78 is 7.37. The predicted octanol–water partition coefficient (Wildman–Crippen LogP) is 3.08. The molecule has 0 unspecified atom stereocenters. The first-order valence-electron chi connectivity index (χ1n) is 5.94. The van der Waals surface area contributed by atoms with Gasteiger partial charge in [-0.05, 0) is 17.7 Å². The topological polar surface area (TPSA) is 40.2 Å². The maximum atomic E-state index is 6.17. The molecule has 0 saturated heterocycles. The average molecular weight is 267 g/mol. The van der Waals surface area contributed by atoms with Gasteiger partial charge >= 0.3 is 0 Å². The zero-order valence-electron chi connectivity index (χ0n) is 11.2. The van der Waals surface area contributed by atoms with Gasteiger partial charge in [-0.1, -0.05) is 25.4 Å². The van der Waals surface area contributed by atoms with E-state index >= 15 is 0 Å². The minimum absolute atomic E-state index is 0.0711. The Hall–Kier alpha value is -1.19. The normalized spacial score (nSPS) is 12.1. The Morgan fingerprint density at radius 1 is 1.39 bits per heavy atom. The van der Waals surface area contributed by atoms with Crippen LogP contribution in [0.2, 0.25) is 5.02 Å². The molecule has 18 heavy (non-hydrogen) atoms. The number of aromatic nitrogens is 1. The number of hydrogen-bond acceptors (Lipinski definition) is 2. The van der Waals surface area contributed by atoms with Crippen LogP contribution < -0.4 is 10.5 Å².